The highest BCUT2D eigenvalue weighted by Crippen LogP contribution is 2.43. The smallest absolute Gasteiger partial charge is 0.456 e. The van der Waals surface area contributed by atoms with Crippen molar-refractivity contribution in [3.8, 4) is 0 Å². The summed E-state index contributed by atoms with van der Waals surface area (Å²) >= 11 is 0. The first-order valence-electron chi connectivity index (χ1n) is 37.7. The van der Waals surface area contributed by atoms with Crippen molar-refractivity contribution in [2.24, 2.45) is 0 Å². The van der Waals surface area contributed by atoms with Crippen molar-refractivity contribution in [3.05, 3.63) is 24.3 Å². The van der Waals surface area contributed by atoms with Crippen LogP contribution in [0.5, 0.6) is 0 Å². The van der Waals surface area contributed by atoms with Gasteiger partial charge in [0.15, 0.2) is 0 Å². The second-order valence-electron chi connectivity index (χ2n) is 27.2. The molecule has 0 spiro atoms. The number of carbonyl (C=O) groups excluding carboxylic acids is 2. The highest BCUT2D eigenvalue weighted by molar-refractivity contribution is 7.47. The maximum Gasteiger partial charge on any atom is 0.472 e. The van der Waals surface area contributed by atoms with Crippen molar-refractivity contribution in [2.45, 2.75) is 405 Å². The molecule has 0 bridgehead atoms. The highest BCUT2D eigenvalue weighted by Gasteiger charge is 2.30. The van der Waals surface area contributed by atoms with Crippen LogP contribution in [0.2, 0.25) is 0 Å². The standard InChI is InChI=1S/C75H147N2O7P/c1-7-10-13-16-19-22-25-27-29-31-33-35-36-37-38-39-40-42-43-45-47-49-52-55-58-61-64-67-74(78)76-72(71-83-85(80,81)82-70-69-77(4,5)6)73(66-63-60-57-54-51-24-21-18-15-12-9-3)84-75(79)68-65-62-59-56-53-50-48-46-44-41-34-32-30-28-26-23-20-17-14-11-8-2/h28,30,63,66,72-73H,7-27,29,31-62,64-65,67-71H2,1-6H3,(H-,76,78,80,81)/p+1/b30-28+,66-63+. The lowest BCUT2D eigenvalue weighted by atomic mass is 10.0. The number of esters is 1. The average Bonchev–Trinajstić information content (AvgIpc) is 3.63. The van der Waals surface area contributed by atoms with Crippen molar-refractivity contribution >= 4 is 19.7 Å². The van der Waals surface area contributed by atoms with E-state index in [1.807, 2.05) is 33.3 Å². The van der Waals surface area contributed by atoms with Crippen LogP contribution >= 0.6 is 7.82 Å². The number of rotatable bonds is 70. The number of unbranched alkanes of at least 4 members (excludes halogenated alkanes) is 52. The third kappa shape index (κ3) is 66.7. The van der Waals surface area contributed by atoms with Crippen LogP contribution in [0.25, 0.3) is 0 Å². The first-order chi connectivity index (χ1) is 41.4. The van der Waals surface area contributed by atoms with Gasteiger partial charge in [-0.25, -0.2) is 4.57 Å². The molecule has 1 amide bonds. The third-order valence-corrected chi connectivity index (χ3v) is 18.4. The van der Waals surface area contributed by atoms with Crippen LogP contribution in [0, 0.1) is 0 Å². The Morgan fingerprint density at radius 3 is 1.00 bits per heavy atom. The number of phosphoric acid groups is 1. The third-order valence-electron chi connectivity index (χ3n) is 17.4. The number of nitrogens with one attached hydrogen (secondary N) is 1. The molecule has 3 unspecified atom stereocenters. The van der Waals surface area contributed by atoms with Crippen LogP contribution in [0.3, 0.4) is 0 Å². The van der Waals surface area contributed by atoms with E-state index in [9.17, 15) is 19.0 Å². The second kappa shape index (κ2) is 65.4. The zero-order chi connectivity index (χ0) is 62.1. The maximum atomic E-state index is 13.6. The van der Waals surface area contributed by atoms with Crippen LogP contribution in [0.4, 0.5) is 0 Å². The van der Waals surface area contributed by atoms with Gasteiger partial charge in [0.1, 0.15) is 19.3 Å². The summed E-state index contributed by atoms with van der Waals surface area (Å²) in [5.41, 5.74) is 0. The van der Waals surface area contributed by atoms with Crippen LogP contribution < -0.4 is 5.32 Å². The Balaban J connectivity index is 4.89. The van der Waals surface area contributed by atoms with Gasteiger partial charge in [-0.15, -0.1) is 0 Å². The van der Waals surface area contributed by atoms with Crippen LogP contribution in [0.15, 0.2) is 24.3 Å². The van der Waals surface area contributed by atoms with E-state index in [1.54, 1.807) is 0 Å². The molecule has 2 N–H and O–H groups in total. The van der Waals surface area contributed by atoms with Crippen molar-refractivity contribution in [1.82, 2.24) is 5.32 Å². The van der Waals surface area contributed by atoms with Gasteiger partial charge in [-0.2, -0.15) is 0 Å². The number of allylic oxidation sites excluding steroid dienone is 3. The fourth-order valence-electron chi connectivity index (χ4n) is 11.6. The van der Waals surface area contributed by atoms with E-state index in [2.05, 4.69) is 38.2 Å². The lowest BCUT2D eigenvalue weighted by molar-refractivity contribution is -0.870. The molecule has 0 saturated heterocycles. The maximum absolute atomic E-state index is 13.6. The van der Waals surface area contributed by atoms with Gasteiger partial charge < -0.3 is 19.4 Å². The van der Waals surface area contributed by atoms with Crippen molar-refractivity contribution < 1.29 is 37.3 Å². The van der Waals surface area contributed by atoms with Gasteiger partial charge in [-0.1, -0.05) is 347 Å². The summed E-state index contributed by atoms with van der Waals surface area (Å²) in [5, 5.41) is 3.08. The Morgan fingerprint density at radius 2 is 0.682 bits per heavy atom. The average molecular weight is 1220 g/mol. The predicted molar refractivity (Wildman–Crippen MR) is 370 cm³/mol. The molecule has 0 aliphatic heterocycles. The SMILES string of the molecule is CCCCCCCC/C=C/CCCCCCCCCCCCCC(=O)OC(/C=C/CCCCCCCCCCC)C(COP(=O)(O)OCC[N+](C)(C)C)NC(=O)CCCCCCCCCCCCCCCCCCCCCCCCCCCCC. The van der Waals surface area contributed by atoms with Crippen LogP contribution in [0.1, 0.15) is 393 Å². The van der Waals surface area contributed by atoms with Crippen molar-refractivity contribution in [3.63, 3.8) is 0 Å². The summed E-state index contributed by atoms with van der Waals surface area (Å²) in [4.78, 5) is 37.9. The second-order valence-corrected chi connectivity index (χ2v) is 28.6. The Hall–Kier alpha value is -1.51. The van der Waals surface area contributed by atoms with Gasteiger partial charge in [0.2, 0.25) is 5.91 Å². The van der Waals surface area contributed by atoms with Gasteiger partial charge in [0.25, 0.3) is 0 Å². The minimum atomic E-state index is -4.45. The topological polar surface area (TPSA) is 111 Å². The molecule has 0 radical (unpaired) electrons. The molecule has 0 aromatic carbocycles. The normalized spacial score (nSPS) is 13.5. The van der Waals surface area contributed by atoms with Gasteiger partial charge in [0, 0.05) is 12.8 Å². The molecule has 0 rings (SSSR count). The largest absolute Gasteiger partial charge is 0.472 e. The summed E-state index contributed by atoms with van der Waals surface area (Å²) in [6.45, 7) is 7.08. The Morgan fingerprint density at radius 1 is 0.400 bits per heavy atom. The molecule has 0 saturated carbocycles. The fourth-order valence-corrected chi connectivity index (χ4v) is 12.3. The lowest BCUT2D eigenvalue weighted by Crippen LogP contribution is -2.47. The Kier molecular flexibility index (Phi) is 64.3. The molecule has 3 atom stereocenters. The number of likely N-dealkylation sites (N-methyl/N-ethyl adjacent to an activating group) is 1. The van der Waals surface area contributed by atoms with Crippen molar-refractivity contribution in [2.75, 3.05) is 40.9 Å². The van der Waals surface area contributed by atoms with Gasteiger partial charge in [-0.3, -0.25) is 18.6 Å². The molecule has 9 nitrogen and oxygen atoms in total. The van der Waals surface area contributed by atoms with Gasteiger partial charge in [0.05, 0.1) is 33.8 Å². The molecule has 504 valence electrons. The monoisotopic (exact) mass is 1220 g/mol. The number of phosphoric ester groups is 1. The molecule has 0 aliphatic rings. The summed E-state index contributed by atoms with van der Waals surface area (Å²) in [6.07, 6.45) is 80.7. The van der Waals surface area contributed by atoms with E-state index in [1.165, 1.54) is 302 Å². The lowest BCUT2D eigenvalue weighted by Gasteiger charge is -2.27. The first kappa shape index (κ1) is 83.5. The molecular weight excluding hydrogens is 1070 g/mol. The number of hydrogen-bond donors (Lipinski definition) is 2. The summed E-state index contributed by atoms with van der Waals surface area (Å²) in [6, 6.07) is -0.844. The Bertz CT molecular complexity index is 1500. The highest BCUT2D eigenvalue weighted by atomic mass is 31.2. The van der Waals surface area contributed by atoms with E-state index >= 15 is 0 Å². The number of amides is 1. The number of quaternary nitrogens is 1. The quantitative estimate of drug-likeness (QED) is 0.0205. The van der Waals surface area contributed by atoms with E-state index in [0.29, 0.717) is 23.9 Å². The summed E-state index contributed by atoms with van der Waals surface area (Å²) in [5.74, 6) is -0.482. The summed E-state index contributed by atoms with van der Waals surface area (Å²) < 4.78 is 30.9. The molecule has 0 fully saturated rings. The van der Waals surface area contributed by atoms with E-state index < -0.39 is 20.0 Å². The van der Waals surface area contributed by atoms with E-state index in [-0.39, 0.29) is 25.1 Å². The zero-order valence-corrected chi connectivity index (χ0v) is 58.8. The molecule has 85 heavy (non-hydrogen) atoms. The fraction of sp³-hybridized carbons (Fsp3) is 0.920. The van der Waals surface area contributed by atoms with Gasteiger partial charge >= 0.3 is 13.8 Å². The van der Waals surface area contributed by atoms with E-state index in [0.717, 1.165) is 57.8 Å². The number of carbonyl (C=O) groups is 2. The number of ether oxygens (including phenoxy) is 1. The van der Waals surface area contributed by atoms with Crippen LogP contribution in [-0.2, 0) is 27.9 Å². The molecule has 0 aromatic heterocycles. The predicted octanol–water partition coefficient (Wildman–Crippen LogP) is 24.0. The summed E-state index contributed by atoms with van der Waals surface area (Å²) in [7, 11) is 1.52. The minimum Gasteiger partial charge on any atom is -0.456 e. The molecule has 10 heteroatoms. The molecular formula is C75H148N2O7P+. The van der Waals surface area contributed by atoms with Crippen LogP contribution in [-0.4, -0.2) is 74.3 Å². The Labute approximate surface area is 530 Å². The van der Waals surface area contributed by atoms with Gasteiger partial charge in [-0.05, 0) is 57.4 Å². The van der Waals surface area contributed by atoms with Crippen molar-refractivity contribution in [1.29, 1.82) is 0 Å². The molecule has 0 aromatic rings. The zero-order valence-electron chi connectivity index (χ0n) is 57.9. The minimum absolute atomic E-state index is 0.0443. The molecule has 0 heterocycles. The molecule has 0 aliphatic carbocycles. The number of nitrogens with zero attached hydrogens (tertiary/aromatic N) is 1. The first-order valence-corrected chi connectivity index (χ1v) is 39.2. The number of hydrogen-bond acceptors (Lipinski definition) is 6. The van der Waals surface area contributed by atoms with E-state index in [4.69, 9.17) is 13.8 Å².